The van der Waals surface area contributed by atoms with Gasteiger partial charge in [-0.15, -0.1) is 0 Å². The van der Waals surface area contributed by atoms with Crippen molar-refractivity contribution in [3.8, 4) is 0 Å². The Balaban J connectivity index is 2.11. The predicted molar refractivity (Wildman–Crippen MR) is 114 cm³/mol. The van der Waals surface area contributed by atoms with Crippen LogP contribution in [0.25, 0.3) is 0 Å². The number of rotatable bonds is 5. The van der Waals surface area contributed by atoms with Crippen LogP contribution in [0.1, 0.15) is 31.4 Å². The molecule has 0 aromatic heterocycles. The standard InChI is InChI=1S/C23H28F5N3/c1-6-17(11-18-10-15(3)20(24)13-21(18)25)12-19(7-2)30-8-9-31(16(4)14-30)22(29-5)23(26,27)28/h6-7,10,13H,4,8-9,11-12,14H2,1-3,5H3/b17-6+,19-7+,29-22?. The third-order valence-electron chi connectivity index (χ3n) is 5.37. The summed E-state index contributed by atoms with van der Waals surface area (Å²) in [5.74, 6) is -2.12. The van der Waals surface area contributed by atoms with E-state index >= 15 is 0 Å². The fraction of sp³-hybridized carbons (Fsp3) is 0.435. The summed E-state index contributed by atoms with van der Waals surface area (Å²) >= 11 is 0. The maximum atomic E-state index is 14.2. The summed E-state index contributed by atoms with van der Waals surface area (Å²) in [6, 6.07) is 2.40. The lowest BCUT2D eigenvalue weighted by Crippen LogP contribution is -2.50. The number of piperazine rings is 1. The van der Waals surface area contributed by atoms with Gasteiger partial charge >= 0.3 is 6.18 Å². The van der Waals surface area contributed by atoms with E-state index in [1.165, 1.54) is 6.07 Å². The molecule has 1 fully saturated rings. The van der Waals surface area contributed by atoms with Crippen LogP contribution in [0, 0.1) is 18.6 Å². The van der Waals surface area contributed by atoms with Gasteiger partial charge in [-0.3, -0.25) is 4.99 Å². The average molecular weight is 441 g/mol. The van der Waals surface area contributed by atoms with Gasteiger partial charge in [-0.1, -0.05) is 24.3 Å². The van der Waals surface area contributed by atoms with Crippen LogP contribution in [-0.4, -0.2) is 48.5 Å². The number of hydrogen-bond donors (Lipinski definition) is 0. The highest BCUT2D eigenvalue weighted by molar-refractivity contribution is 5.89. The third kappa shape index (κ3) is 5.95. The fourth-order valence-corrected chi connectivity index (χ4v) is 3.66. The lowest BCUT2D eigenvalue weighted by atomic mass is 9.98. The van der Waals surface area contributed by atoms with Crippen LogP contribution in [-0.2, 0) is 6.42 Å². The van der Waals surface area contributed by atoms with Crippen LogP contribution in [0.4, 0.5) is 22.0 Å². The number of hydrogen-bond acceptors (Lipinski definition) is 2. The molecule has 0 N–H and O–H groups in total. The largest absolute Gasteiger partial charge is 0.449 e. The molecule has 1 saturated heterocycles. The number of aryl methyl sites for hydroxylation is 1. The topological polar surface area (TPSA) is 18.8 Å². The number of alkyl halides is 3. The smallest absolute Gasteiger partial charge is 0.367 e. The van der Waals surface area contributed by atoms with Gasteiger partial charge in [0, 0.05) is 44.0 Å². The van der Waals surface area contributed by atoms with Crippen molar-refractivity contribution in [1.29, 1.82) is 0 Å². The summed E-state index contributed by atoms with van der Waals surface area (Å²) in [6.45, 7) is 9.82. The predicted octanol–water partition coefficient (Wildman–Crippen LogP) is 5.78. The number of aliphatic imine (C=N–C) groups is 1. The fourth-order valence-electron chi connectivity index (χ4n) is 3.66. The van der Waals surface area contributed by atoms with Crippen molar-refractivity contribution in [2.75, 3.05) is 26.7 Å². The molecule has 0 unspecified atom stereocenters. The highest BCUT2D eigenvalue weighted by Gasteiger charge is 2.41. The van der Waals surface area contributed by atoms with E-state index in [-0.39, 0.29) is 13.1 Å². The number of allylic oxidation sites excluding steroid dienone is 3. The van der Waals surface area contributed by atoms with Gasteiger partial charge in [0.05, 0.1) is 6.54 Å². The molecule has 31 heavy (non-hydrogen) atoms. The zero-order valence-electron chi connectivity index (χ0n) is 18.3. The first-order valence-electron chi connectivity index (χ1n) is 9.99. The van der Waals surface area contributed by atoms with Crippen molar-refractivity contribution < 1.29 is 22.0 Å². The molecule has 1 aliphatic rings. The molecule has 0 atom stereocenters. The van der Waals surface area contributed by atoms with E-state index in [1.54, 1.807) is 6.92 Å². The highest BCUT2D eigenvalue weighted by atomic mass is 19.4. The Morgan fingerprint density at radius 2 is 1.81 bits per heavy atom. The second kappa shape index (κ2) is 10.1. The Hall–Kier alpha value is -2.64. The van der Waals surface area contributed by atoms with Crippen molar-refractivity contribution >= 4 is 5.84 Å². The first-order chi connectivity index (χ1) is 14.5. The minimum Gasteiger partial charge on any atom is -0.367 e. The Morgan fingerprint density at radius 3 is 2.32 bits per heavy atom. The average Bonchev–Trinajstić information content (AvgIpc) is 2.69. The SMILES string of the molecule is C=C1CN(/C(=C/C)C/C(=C/C)Cc2cc(C)c(F)cc2F)CCN1C(=NC)C(F)(F)F. The molecule has 0 saturated carbocycles. The van der Waals surface area contributed by atoms with Crippen molar-refractivity contribution in [3.63, 3.8) is 0 Å². The molecule has 8 heteroatoms. The van der Waals surface area contributed by atoms with Crippen LogP contribution < -0.4 is 0 Å². The van der Waals surface area contributed by atoms with Gasteiger partial charge in [-0.25, -0.2) is 8.78 Å². The lowest BCUT2D eigenvalue weighted by Gasteiger charge is -2.40. The zero-order valence-corrected chi connectivity index (χ0v) is 18.3. The minimum absolute atomic E-state index is 0.110. The Morgan fingerprint density at radius 1 is 1.13 bits per heavy atom. The maximum absolute atomic E-state index is 14.2. The molecule has 170 valence electrons. The van der Waals surface area contributed by atoms with Crippen LogP contribution >= 0.6 is 0 Å². The summed E-state index contributed by atoms with van der Waals surface area (Å²) in [5, 5.41) is 0. The lowest BCUT2D eigenvalue weighted by molar-refractivity contribution is -0.0685. The summed E-state index contributed by atoms with van der Waals surface area (Å²) in [5.41, 5.74) is 2.94. The van der Waals surface area contributed by atoms with Crippen LogP contribution in [0.3, 0.4) is 0 Å². The van der Waals surface area contributed by atoms with E-state index in [4.69, 9.17) is 0 Å². The van der Waals surface area contributed by atoms with Gasteiger partial charge in [0.1, 0.15) is 11.6 Å². The van der Waals surface area contributed by atoms with Gasteiger partial charge < -0.3 is 9.80 Å². The summed E-state index contributed by atoms with van der Waals surface area (Å²) in [7, 11) is 1.12. The van der Waals surface area contributed by atoms with Gasteiger partial charge in [0.25, 0.3) is 0 Å². The number of halogens is 5. The van der Waals surface area contributed by atoms with E-state index < -0.39 is 23.6 Å². The van der Waals surface area contributed by atoms with Gasteiger partial charge in [0.2, 0.25) is 5.84 Å². The molecule has 1 aliphatic heterocycles. The van der Waals surface area contributed by atoms with E-state index in [0.717, 1.165) is 29.3 Å². The van der Waals surface area contributed by atoms with Crippen LogP contribution in [0.5, 0.6) is 0 Å². The molecular weight excluding hydrogens is 413 g/mol. The summed E-state index contributed by atoms with van der Waals surface area (Å²) in [4.78, 5) is 6.48. The van der Waals surface area contributed by atoms with Crippen LogP contribution in [0.2, 0.25) is 0 Å². The molecular formula is C23H28F5N3. The molecule has 1 aromatic rings. The number of benzene rings is 1. The Kier molecular flexibility index (Phi) is 8.03. The first-order valence-corrected chi connectivity index (χ1v) is 9.99. The second-order valence-electron chi connectivity index (χ2n) is 7.46. The van der Waals surface area contributed by atoms with Gasteiger partial charge in [-0.2, -0.15) is 13.2 Å². The molecule has 0 bridgehead atoms. The van der Waals surface area contributed by atoms with Crippen molar-refractivity contribution in [2.24, 2.45) is 4.99 Å². The van der Waals surface area contributed by atoms with Crippen LogP contribution in [0.15, 0.2) is 52.8 Å². The van der Waals surface area contributed by atoms with Crippen molar-refractivity contribution in [2.45, 2.75) is 39.8 Å². The maximum Gasteiger partial charge on any atom is 0.449 e. The molecule has 0 radical (unpaired) electrons. The molecule has 3 nitrogen and oxygen atoms in total. The van der Waals surface area contributed by atoms with E-state index in [9.17, 15) is 22.0 Å². The summed E-state index contributed by atoms with van der Waals surface area (Å²) in [6.07, 6.45) is 0.0703. The molecule has 2 rings (SSSR count). The second-order valence-corrected chi connectivity index (χ2v) is 7.46. The Labute approximate surface area is 180 Å². The Bertz CT molecular complexity index is 913. The first kappa shape index (κ1) is 24.6. The van der Waals surface area contributed by atoms with Crippen molar-refractivity contribution in [1.82, 2.24) is 9.80 Å². The van der Waals surface area contributed by atoms with Crippen molar-refractivity contribution in [3.05, 3.63) is 70.6 Å². The third-order valence-corrected chi connectivity index (χ3v) is 5.37. The highest BCUT2D eigenvalue weighted by Crippen LogP contribution is 2.28. The zero-order chi connectivity index (χ0) is 23.3. The molecule has 0 amide bonds. The number of nitrogens with zero attached hydrogens (tertiary/aromatic N) is 3. The molecule has 1 aromatic carbocycles. The quantitative estimate of drug-likeness (QED) is 0.250. The van der Waals surface area contributed by atoms with Gasteiger partial charge in [-0.05, 0) is 44.4 Å². The van der Waals surface area contributed by atoms with E-state index in [0.29, 0.717) is 36.2 Å². The summed E-state index contributed by atoms with van der Waals surface area (Å²) < 4.78 is 67.4. The molecule has 0 spiro atoms. The van der Waals surface area contributed by atoms with E-state index in [1.807, 2.05) is 30.9 Å². The monoisotopic (exact) mass is 441 g/mol. The van der Waals surface area contributed by atoms with E-state index in [2.05, 4.69) is 11.6 Å². The normalized spacial score (nSPS) is 16.9. The van der Waals surface area contributed by atoms with Gasteiger partial charge in [0.15, 0.2) is 0 Å². The molecule has 0 aliphatic carbocycles. The minimum atomic E-state index is -4.54. The molecule has 1 heterocycles. The number of amidine groups is 1.